The summed E-state index contributed by atoms with van der Waals surface area (Å²) in [6, 6.07) is 31.1. The van der Waals surface area contributed by atoms with Gasteiger partial charge in [-0.15, -0.1) is 11.3 Å². The van der Waals surface area contributed by atoms with E-state index in [1.807, 2.05) is 106 Å². The van der Waals surface area contributed by atoms with Crippen LogP contribution in [0, 0.1) is 18.2 Å². The fourth-order valence-corrected chi connectivity index (χ4v) is 9.33. The zero-order valence-electron chi connectivity index (χ0n) is 40.9. The van der Waals surface area contributed by atoms with Crippen LogP contribution in [-0.2, 0) is 37.0 Å². The van der Waals surface area contributed by atoms with Crippen molar-refractivity contribution in [1.82, 2.24) is 30.5 Å². The number of aromatic nitrogens is 3. The van der Waals surface area contributed by atoms with Crippen LogP contribution in [0.15, 0.2) is 121 Å². The standard InChI is InChI=1S/C55H57ClFN7O8S/c1-34-50(73-33-61-34)38-10-8-35(9-11-38)28-58-53(67)47-27-42(65)29-64(47)54(68)51(55(2,3)4)63-49(66)31-70-21-20-69-22-23-71-43-16-12-37(13-17-43)39-14-18-46-44(25-39)52(60-32-59-46)62-41-15-19-48(45(56)26-41)72-30-36-6-5-7-40(57)24-36/h5-19,24-26,32-33,42,47,51,65H,20-23,27-31H2,1-4H3,(H,58,67)(H,63,66)(H,59,60,62)/t42?,47?,51-/m0/s1. The van der Waals surface area contributed by atoms with Gasteiger partial charge in [0, 0.05) is 30.6 Å². The van der Waals surface area contributed by atoms with Crippen molar-refractivity contribution >= 4 is 63.1 Å². The number of aliphatic hydroxyl groups is 1. The predicted molar refractivity (Wildman–Crippen MR) is 279 cm³/mol. The molecule has 380 valence electrons. The predicted octanol–water partition coefficient (Wildman–Crippen LogP) is 9.06. The number of anilines is 2. The summed E-state index contributed by atoms with van der Waals surface area (Å²) in [5.41, 5.74) is 8.04. The molecule has 0 saturated carbocycles. The molecule has 1 aliphatic heterocycles. The summed E-state index contributed by atoms with van der Waals surface area (Å²) in [5.74, 6) is 0.0713. The van der Waals surface area contributed by atoms with Crippen molar-refractivity contribution in [3.8, 4) is 33.1 Å². The molecule has 0 radical (unpaired) electrons. The highest BCUT2D eigenvalue weighted by molar-refractivity contribution is 7.13. The number of nitrogens with one attached hydrogen (secondary N) is 3. The van der Waals surface area contributed by atoms with Gasteiger partial charge in [-0.25, -0.2) is 19.3 Å². The maximum Gasteiger partial charge on any atom is 0.246 e. The average molecular weight is 1030 g/mol. The quantitative estimate of drug-likeness (QED) is 0.0502. The summed E-state index contributed by atoms with van der Waals surface area (Å²) in [7, 11) is 0. The first-order valence-electron chi connectivity index (χ1n) is 23.8. The molecule has 0 spiro atoms. The third kappa shape index (κ3) is 13.9. The lowest BCUT2D eigenvalue weighted by molar-refractivity contribution is -0.144. The van der Waals surface area contributed by atoms with Crippen LogP contribution in [0.1, 0.15) is 44.0 Å². The number of thiazole rings is 1. The molecule has 3 amide bonds. The number of hydrogen-bond donors (Lipinski definition) is 4. The Labute approximate surface area is 432 Å². The fraction of sp³-hybridized carbons (Fsp3) is 0.309. The van der Waals surface area contributed by atoms with E-state index in [9.17, 15) is 23.9 Å². The topological polar surface area (TPSA) is 186 Å². The van der Waals surface area contributed by atoms with Gasteiger partial charge in [0.2, 0.25) is 17.7 Å². The molecule has 2 unspecified atom stereocenters. The number of rotatable bonds is 21. The number of fused-ring (bicyclic) bond motifs is 1. The molecule has 5 aromatic carbocycles. The van der Waals surface area contributed by atoms with Gasteiger partial charge in [-0.3, -0.25) is 14.4 Å². The SMILES string of the molecule is Cc1ncsc1-c1ccc(CNC(=O)C2CC(O)CN2C(=O)[C@H](NC(=O)COCCOCCOc2ccc(-c3ccc4ncnc(Nc5ccc(OCc6cccc(F)c6)c(Cl)c5)c4c3)cc2)C(C)(C)C)cc1. The first kappa shape index (κ1) is 52.3. The van der Waals surface area contributed by atoms with Crippen molar-refractivity contribution in [3.63, 3.8) is 0 Å². The molecular weight excluding hydrogens is 973 g/mol. The summed E-state index contributed by atoms with van der Waals surface area (Å²) in [6.45, 7) is 8.44. The molecule has 0 bridgehead atoms. The lowest BCUT2D eigenvalue weighted by Crippen LogP contribution is -2.58. The minimum absolute atomic E-state index is 0.0260. The first-order valence-corrected chi connectivity index (χ1v) is 25.1. The van der Waals surface area contributed by atoms with Crippen LogP contribution in [0.25, 0.3) is 32.5 Å². The number of aliphatic hydroxyl groups excluding tert-OH is 1. The lowest BCUT2D eigenvalue weighted by atomic mass is 9.85. The zero-order valence-corrected chi connectivity index (χ0v) is 42.5. The Kier molecular flexibility index (Phi) is 17.3. The molecule has 7 aromatic rings. The van der Waals surface area contributed by atoms with Gasteiger partial charge in [-0.1, -0.05) is 87.0 Å². The van der Waals surface area contributed by atoms with E-state index in [2.05, 4.69) is 30.9 Å². The zero-order chi connectivity index (χ0) is 51.5. The molecule has 2 aromatic heterocycles. The maximum absolute atomic E-state index is 14.0. The van der Waals surface area contributed by atoms with Gasteiger partial charge in [0.1, 0.15) is 61.4 Å². The Bertz CT molecular complexity index is 3030. The monoisotopic (exact) mass is 1030 g/mol. The number of carbonyl (C=O) groups is 3. The number of carbonyl (C=O) groups excluding carboxylic acids is 3. The number of likely N-dealkylation sites (tertiary alicyclic amines) is 1. The first-order chi connectivity index (χ1) is 35.2. The summed E-state index contributed by atoms with van der Waals surface area (Å²) < 4.78 is 36.6. The Morgan fingerprint density at radius 3 is 2.34 bits per heavy atom. The fourth-order valence-electron chi connectivity index (χ4n) is 8.29. The molecule has 18 heteroatoms. The third-order valence-corrected chi connectivity index (χ3v) is 13.4. The van der Waals surface area contributed by atoms with E-state index >= 15 is 0 Å². The number of amides is 3. The van der Waals surface area contributed by atoms with Crippen molar-refractivity contribution in [2.24, 2.45) is 5.41 Å². The van der Waals surface area contributed by atoms with Crippen LogP contribution in [0.5, 0.6) is 11.5 Å². The van der Waals surface area contributed by atoms with E-state index in [-0.39, 0.29) is 70.9 Å². The van der Waals surface area contributed by atoms with E-state index < -0.39 is 35.4 Å². The molecule has 1 aliphatic rings. The van der Waals surface area contributed by atoms with Crippen molar-refractivity contribution in [2.75, 3.05) is 44.9 Å². The molecule has 1 fully saturated rings. The molecule has 1 saturated heterocycles. The molecule has 0 aliphatic carbocycles. The van der Waals surface area contributed by atoms with Gasteiger partial charge in [-0.05, 0) is 94.8 Å². The van der Waals surface area contributed by atoms with Crippen LogP contribution < -0.4 is 25.4 Å². The van der Waals surface area contributed by atoms with E-state index in [0.717, 1.165) is 43.7 Å². The van der Waals surface area contributed by atoms with Crippen molar-refractivity contribution in [2.45, 2.75) is 65.5 Å². The number of halogens is 2. The minimum atomic E-state index is -0.980. The Balaban J connectivity index is 0.747. The van der Waals surface area contributed by atoms with Crippen LogP contribution >= 0.6 is 22.9 Å². The minimum Gasteiger partial charge on any atom is -0.491 e. The molecule has 8 rings (SSSR count). The highest BCUT2D eigenvalue weighted by Gasteiger charge is 2.44. The largest absolute Gasteiger partial charge is 0.491 e. The second-order valence-corrected chi connectivity index (χ2v) is 19.9. The maximum atomic E-state index is 14.0. The Hall–Kier alpha value is -7.02. The van der Waals surface area contributed by atoms with E-state index in [1.165, 1.54) is 23.4 Å². The second-order valence-electron chi connectivity index (χ2n) is 18.6. The van der Waals surface area contributed by atoms with Gasteiger partial charge in [0.15, 0.2) is 0 Å². The van der Waals surface area contributed by atoms with Crippen molar-refractivity contribution in [1.29, 1.82) is 0 Å². The molecule has 4 N–H and O–H groups in total. The molecular formula is C55H57ClFN7O8S. The van der Waals surface area contributed by atoms with Gasteiger partial charge >= 0.3 is 0 Å². The second kappa shape index (κ2) is 24.1. The van der Waals surface area contributed by atoms with E-state index in [4.69, 9.17) is 30.5 Å². The van der Waals surface area contributed by atoms with Crippen LogP contribution in [0.4, 0.5) is 15.9 Å². The van der Waals surface area contributed by atoms with Crippen molar-refractivity contribution < 1.29 is 42.8 Å². The average Bonchev–Trinajstić information content (AvgIpc) is 4.00. The summed E-state index contributed by atoms with van der Waals surface area (Å²) in [5, 5.41) is 20.8. The highest BCUT2D eigenvalue weighted by atomic mass is 35.5. The molecule has 73 heavy (non-hydrogen) atoms. The van der Waals surface area contributed by atoms with Crippen LogP contribution in [0.2, 0.25) is 5.02 Å². The number of β-amino-alcohol motifs (C(OH)–C–C–N with tert-alkyl or cyclic N) is 1. The summed E-state index contributed by atoms with van der Waals surface area (Å²) in [4.78, 5) is 56.2. The normalized spacial score (nSPS) is 15.0. The van der Waals surface area contributed by atoms with Gasteiger partial charge in [0.25, 0.3) is 0 Å². The van der Waals surface area contributed by atoms with Gasteiger partial charge in [0.05, 0.1) is 52.5 Å². The Morgan fingerprint density at radius 1 is 0.849 bits per heavy atom. The van der Waals surface area contributed by atoms with Gasteiger partial charge in [-0.2, -0.15) is 0 Å². The third-order valence-electron chi connectivity index (χ3n) is 12.1. The van der Waals surface area contributed by atoms with E-state index in [1.54, 1.807) is 35.6 Å². The molecule has 3 atom stereocenters. The van der Waals surface area contributed by atoms with Crippen LogP contribution in [-0.4, -0.2) is 100 Å². The van der Waals surface area contributed by atoms with Crippen LogP contribution in [0.3, 0.4) is 0 Å². The smallest absolute Gasteiger partial charge is 0.246 e. The molecule has 15 nitrogen and oxygen atoms in total. The van der Waals surface area contributed by atoms with Gasteiger partial charge < -0.3 is 44.9 Å². The number of hydrogen-bond acceptors (Lipinski definition) is 13. The van der Waals surface area contributed by atoms with E-state index in [0.29, 0.717) is 33.6 Å². The van der Waals surface area contributed by atoms with Crippen molar-refractivity contribution in [3.05, 3.63) is 149 Å². The number of nitrogens with zero attached hydrogens (tertiary/aromatic N) is 4. The Morgan fingerprint density at radius 2 is 1.60 bits per heavy atom. The number of aryl methyl sites for hydroxylation is 1. The highest BCUT2D eigenvalue weighted by Crippen LogP contribution is 2.34. The summed E-state index contributed by atoms with van der Waals surface area (Å²) >= 11 is 8.13. The summed E-state index contributed by atoms with van der Waals surface area (Å²) in [6.07, 6.45) is 0.702. The molecule has 3 heterocycles. The number of benzene rings is 5. The number of ether oxygens (including phenoxy) is 4. The lowest BCUT2D eigenvalue weighted by Gasteiger charge is -2.35.